The van der Waals surface area contributed by atoms with E-state index in [0.717, 1.165) is 27.6 Å². The molecule has 4 heteroatoms. The minimum atomic E-state index is -0.355. The molecule has 3 rings (SSSR count). The number of nitrogens with zero attached hydrogens (tertiary/aromatic N) is 1. The van der Waals surface area contributed by atoms with E-state index in [-0.39, 0.29) is 11.9 Å². The lowest BCUT2D eigenvalue weighted by Gasteiger charge is -2.19. The molecule has 1 atom stereocenters. The number of hydrogen-bond donors (Lipinski definition) is 2. The van der Waals surface area contributed by atoms with E-state index in [9.17, 15) is 4.39 Å². The van der Waals surface area contributed by atoms with Crippen molar-refractivity contribution in [1.82, 2.24) is 10.4 Å². The van der Waals surface area contributed by atoms with Crippen LogP contribution < -0.4 is 11.3 Å². The van der Waals surface area contributed by atoms with Crippen molar-refractivity contribution in [2.24, 2.45) is 5.84 Å². The maximum atomic E-state index is 13.6. The Morgan fingerprint density at radius 2 is 1.95 bits per heavy atom. The van der Waals surface area contributed by atoms with Gasteiger partial charge in [0.25, 0.3) is 0 Å². The highest BCUT2D eigenvalue weighted by atomic mass is 19.1. The summed E-state index contributed by atoms with van der Waals surface area (Å²) < 4.78 is 13.6. The van der Waals surface area contributed by atoms with Gasteiger partial charge in [0.05, 0.1) is 11.7 Å². The van der Waals surface area contributed by atoms with Gasteiger partial charge in [-0.05, 0) is 41.6 Å². The van der Waals surface area contributed by atoms with Crippen molar-refractivity contribution >= 4 is 10.8 Å². The first kappa shape index (κ1) is 13.7. The van der Waals surface area contributed by atoms with Gasteiger partial charge in [-0.25, -0.2) is 9.82 Å². The number of aromatic nitrogens is 1. The predicted molar refractivity (Wildman–Crippen MR) is 82.0 cm³/mol. The second kappa shape index (κ2) is 5.60. The number of nitrogens with one attached hydrogen (secondary N) is 1. The van der Waals surface area contributed by atoms with Crippen molar-refractivity contribution in [3.8, 4) is 0 Å². The summed E-state index contributed by atoms with van der Waals surface area (Å²) in [5.41, 5.74) is 5.32. The highest BCUT2D eigenvalue weighted by Crippen LogP contribution is 2.28. The summed E-state index contributed by atoms with van der Waals surface area (Å²) >= 11 is 0. The van der Waals surface area contributed by atoms with Crippen molar-refractivity contribution in [2.45, 2.75) is 13.0 Å². The second-order valence-electron chi connectivity index (χ2n) is 5.02. The Kier molecular flexibility index (Phi) is 3.64. The second-order valence-corrected chi connectivity index (χ2v) is 5.02. The zero-order valence-corrected chi connectivity index (χ0v) is 11.7. The predicted octanol–water partition coefficient (Wildman–Crippen LogP) is 3.24. The van der Waals surface area contributed by atoms with Crippen LogP contribution in [0.1, 0.15) is 22.9 Å². The SMILES string of the molecule is Cc1ccc(F)cc1C(NN)c1nccc2ccccc12. The average molecular weight is 281 g/mol. The molecule has 0 spiro atoms. The zero-order valence-electron chi connectivity index (χ0n) is 11.7. The molecule has 0 amide bonds. The molecule has 0 bridgehead atoms. The maximum absolute atomic E-state index is 13.6. The molecule has 0 aliphatic heterocycles. The van der Waals surface area contributed by atoms with Crippen LogP contribution in [0.3, 0.4) is 0 Å². The third-order valence-electron chi connectivity index (χ3n) is 3.70. The molecule has 1 aromatic heterocycles. The summed E-state index contributed by atoms with van der Waals surface area (Å²) in [6.45, 7) is 1.93. The van der Waals surface area contributed by atoms with Crippen molar-refractivity contribution in [3.05, 3.63) is 77.4 Å². The minimum absolute atomic E-state index is 0.281. The fourth-order valence-corrected chi connectivity index (χ4v) is 2.61. The maximum Gasteiger partial charge on any atom is 0.123 e. The fourth-order valence-electron chi connectivity index (χ4n) is 2.61. The topological polar surface area (TPSA) is 50.9 Å². The Hall–Kier alpha value is -2.30. The van der Waals surface area contributed by atoms with Crippen molar-refractivity contribution in [2.75, 3.05) is 0 Å². The lowest BCUT2D eigenvalue weighted by atomic mass is 9.95. The number of hydrazine groups is 1. The molecule has 106 valence electrons. The number of aryl methyl sites for hydroxylation is 1. The van der Waals surface area contributed by atoms with Crippen LogP contribution in [0, 0.1) is 12.7 Å². The highest BCUT2D eigenvalue weighted by Gasteiger charge is 2.19. The molecule has 1 heterocycles. The first-order chi connectivity index (χ1) is 10.2. The number of halogens is 1. The van der Waals surface area contributed by atoms with Gasteiger partial charge in [0, 0.05) is 11.6 Å². The number of fused-ring (bicyclic) bond motifs is 1. The Morgan fingerprint density at radius 1 is 1.14 bits per heavy atom. The summed E-state index contributed by atoms with van der Waals surface area (Å²) in [5, 5.41) is 2.09. The zero-order chi connectivity index (χ0) is 14.8. The molecule has 0 saturated carbocycles. The summed E-state index contributed by atoms with van der Waals surface area (Å²) in [6.07, 6.45) is 1.75. The molecule has 3 aromatic rings. The normalized spacial score (nSPS) is 12.5. The third kappa shape index (κ3) is 2.51. The fraction of sp³-hybridized carbons (Fsp3) is 0.118. The standard InChI is InChI=1S/C17H16FN3/c1-11-6-7-13(18)10-15(11)17(21-19)16-14-5-3-2-4-12(14)8-9-20-16/h2-10,17,21H,19H2,1H3. The Balaban J connectivity index is 2.21. The quantitative estimate of drug-likeness (QED) is 0.572. The van der Waals surface area contributed by atoms with Crippen molar-refractivity contribution in [1.29, 1.82) is 0 Å². The Morgan fingerprint density at radius 3 is 2.76 bits per heavy atom. The average Bonchev–Trinajstić information content (AvgIpc) is 2.51. The van der Waals surface area contributed by atoms with Gasteiger partial charge < -0.3 is 0 Å². The lowest BCUT2D eigenvalue weighted by molar-refractivity contribution is 0.597. The van der Waals surface area contributed by atoms with Gasteiger partial charge in [-0.15, -0.1) is 0 Å². The number of hydrogen-bond acceptors (Lipinski definition) is 3. The van der Waals surface area contributed by atoms with Gasteiger partial charge in [0.15, 0.2) is 0 Å². The molecule has 21 heavy (non-hydrogen) atoms. The van der Waals surface area contributed by atoms with Crippen LogP contribution in [0.5, 0.6) is 0 Å². The molecule has 0 fully saturated rings. The largest absolute Gasteiger partial charge is 0.271 e. The molecule has 1 unspecified atom stereocenters. The third-order valence-corrected chi connectivity index (χ3v) is 3.70. The molecule has 3 N–H and O–H groups in total. The highest BCUT2D eigenvalue weighted by molar-refractivity contribution is 5.85. The molecular formula is C17H16FN3. The first-order valence-corrected chi connectivity index (χ1v) is 6.76. The molecule has 2 aromatic carbocycles. The lowest BCUT2D eigenvalue weighted by Crippen LogP contribution is -2.30. The van der Waals surface area contributed by atoms with E-state index in [2.05, 4.69) is 10.4 Å². The van der Waals surface area contributed by atoms with Crippen molar-refractivity contribution in [3.63, 3.8) is 0 Å². The van der Waals surface area contributed by atoms with Crippen LogP contribution >= 0.6 is 0 Å². The number of rotatable bonds is 3. The monoisotopic (exact) mass is 281 g/mol. The molecular weight excluding hydrogens is 265 g/mol. The summed E-state index contributed by atoms with van der Waals surface area (Å²) in [4.78, 5) is 4.46. The van der Waals surface area contributed by atoms with Gasteiger partial charge in [0.1, 0.15) is 5.82 Å². The van der Waals surface area contributed by atoms with Gasteiger partial charge in [-0.1, -0.05) is 30.3 Å². The van der Waals surface area contributed by atoms with E-state index in [1.165, 1.54) is 12.1 Å². The summed E-state index contributed by atoms with van der Waals surface area (Å²) in [7, 11) is 0. The molecule has 0 saturated heterocycles. The van der Waals surface area contributed by atoms with Gasteiger partial charge in [-0.2, -0.15) is 0 Å². The van der Waals surface area contributed by atoms with Crippen molar-refractivity contribution < 1.29 is 4.39 Å². The van der Waals surface area contributed by atoms with Crippen LogP contribution in [0.15, 0.2) is 54.7 Å². The smallest absolute Gasteiger partial charge is 0.123 e. The number of pyridine rings is 1. The van der Waals surface area contributed by atoms with E-state index < -0.39 is 0 Å². The molecule has 0 aliphatic carbocycles. The first-order valence-electron chi connectivity index (χ1n) is 6.76. The molecule has 0 aliphatic rings. The van der Waals surface area contributed by atoms with E-state index in [1.54, 1.807) is 12.3 Å². The summed E-state index contributed by atoms with van der Waals surface area (Å²) in [6, 6.07) is 14.2. The van der Waals surface area contributed by atoms with Gasteiger partial charge >= 0.3 is 0 Å². The molecule has 3 nitrogen and oxygen atoms in total. The molecule has 0 radical (unpaired) electrons. The van der Waals surface area contributed by atoms with Crippen LogP contribution in [-0.2, 0) is 0 Å². The van der Waals surface area contributed by atoms with Gasteiger partial charge in [0.2, 0.25) is 0 Å². The van der Waals surface area contributed by atoms with Crippen LogP contribution in [0.2, 0.25) is 0 Å². The van der Waals surface area contributed by atoms with E-state index >= 15 is 0 Å². The minimum Gasteiger partial charge on any atom is -0.271 e. The van der Waals surface area contributed by atoms with E-state index in [0.29, 0.717) is 0 Å². The van der Waals surface area contributed by atoms with Gasteiger partial charge in [-0.3, -0.25) is 10.8 Å². The van der Waals surface area contributed by atoms with Crippen LogP contribution in [-0.4, -0.2) is 4.98 Å². The Labute approximate surface area is 122 Å². The Bertz CT molecular complexity index is 781. The number of nitrogens with two attached hydrogens (primary N) is 1. The van der Waals surface area contributed by atoms with E-state index in [1.807, 2.05) is 37.3 Å². The number of benzene rings is 2. The summed E-state index contributed by atoms with van der Waals surface area (Å²) in [5.74, 6) is 5.45. The van der Waals surface area contributed by atoms with E-state index in [4.69, 9.17) is 5.84 Å². The van der Waals surface area contributed by atoms with Crippen LogP contribution in [0.25, 0.3) is 10.8 Å². The van der Waals surface area contributed by atoms with Crippen LogP contribution in [0.4, 0.5) is 4.39 Å².